The van der Waals surface area contributed by atoms with E-state index in [1.807, 2.05) is 18.2 Å². The predicted octanol–water partition coefficient (Wildman–Crippen LogP) is 2.85. The lowest BCUT2D eigenvalue weighted by atomic mass is 10.1. The number of nitrogens with zero attached hydrogens (tertiary/aromatic N) is 3. The van der Waals surface area contributed by atoms with E-state index in [0.29, 0.717) is 23.2 Å². The van der Waals surface area contributed by atoms with Gasteiger partial charge in [-0.15, -0.1) is 0 Å². The summed E-state index contributed by atoms with van der Waals surface area (Å²) in [5.74, 6) is -0.359. The first-order chi connectivity index (χ1) is 13.2. The average Bonchev–Trinajstić information content (AvgIpc) is 3.05. The van der Waals surface area contributed by atoms with Gasteiger partial charge in [-0.25, -0.2) is 4.98 Å². The van der Waals surface area contributed by atoms with Crippen LogP contribution in [0.25, 0.3) is 22.1 Å². The Morgan fingerprint density at radius 3 is 2.74 bits per heavy atom. The van der Waals surface area contributed by atoms with Crippen LogP contribution in [0, 0.1) is 11.3 Å². The number of hydrogen-bond acceptors (Lipinski definition) is 5. The molecule has 4 aromatic rings. The molecule has 27 heavy (non-hydrogen) atoms. The van der Waals surface area contributed by atoms with Crippen LogP contribution in [0.1, 0.15) is 5.56 Å². The van der Waals surface area contributed by atoms with Crippen LogP contribution in [0.3, 0.4) is 0 Å². The van der Waals surface area contributed by atoms with Crippen LogP contribution >= 0.6 is 0 Å². The summed E-state index contributed by atoms with van der Waals surface area (Å²) >= 11 is 0. The number of furan rings is 1. The van der Waals surface area contributed by atoms with Crippen LogP contribution in [0.5, 0.6) is 0 Å². The number of fused-ring (bicyclic) bond motifs is 3. The summed E-state index contributed by atoms with van der Waals surface area (Å²) in [6.45, 7) is -0.182. The number of nitrogens with one attached hydrogen (secondary N) is 1. The first-order valence-electron chi connectivity index (χ1n) is 8.28. The molecule has 1 N–H and O–H groups in total. The second kappa shape index (κ2) is 6.77. The fraction of sp³-hybridized carbons (Fsp3) is 0.100. The highest BCUT2D eigenvalue weighted by molar-refractivity contribution is 6.01. The Kier molecular flexibility index (Phi) is 4.15. The van der Waals surface area contributed by atoms with Crippen molar-refractivity contribution < 1.29 is 9.21 Å². The van der Waals surface area contributed by atoms with Gasteiger partial charge in [0.1, 0.15) is 17.6 Å². The van der Waals surface area contributed by atoms with Gasteiger partial charge in [0, 0.05) is 11.1 Å². The Labute approximate surface area is 153 Å². The van der Waals surface area contributed by atoms with E-state index in [1.165, 1.54) is 10.9 Å². The van der Waals surface area contributed by atoms with Crippen molar-refractivity contribution in [2.75, 3.05) is 5.32 Å². The minimum Gasteiger partial charge on any atom is -0.448 e. The Morgan fingerprint density at radius 1 is 1.19 bits per heavy atom. The fourth-order valence-corrected chi connectivity index (χ4v) is 2.88. The summed E-state index contributed by atoms with van der Waals surface area (Å²) in [7, 11) is 0. The number of rotatable bonds is 4. The van der Waals surface area contributed by atoms with E-state index in [2.05, 4.69) is 16.4 Å². The molecule has 2 heterocycles. The molecule has 0 aliphatic heterocycles. The lowest BCUT2D eigenvalue weighted by Crippen LogP contribution is -2.27. The summed E-state index contributed by atoms with van der Waals surface area (Å²) in [4.78, 5) is 29.2. The molecule has 132 valence electrons. The van der Waals surface area contributed by atoms with Gasteiger partial charge >= 0.3 is 0 Å². The van der Waals surface area contributed by atoms with Crippen LogP contribution in [0.15, 0.2) is 64.1 Å². The van der Waals surface area contributed by atoms with Crippen LogP contribution in [-0.2, 0) is 17.8 Å². The molecule has 7 heteroatoms. The normalized spacial score (nSPS) is 10.8. The van der Waals surface area contributed by atoms with Crippen LogP contribution in [0.4, 0.5) is 5.69 Å². The maximum atomic E-state index is 12.6. The zero-order valence-electron chi connectivity index (χ0n) is 14.2. The molecule has 2 aromatic carbocycles. The number of carbonyl (C=O) groups is 1. The van der Waals surface area contributed by atoms with E-state index < -0.39 is 5.56 Å². The van der Waals surface area contributed by atoms with Gasteiger partial charge in [0.05, 0.1) is 18.8 Å². The molecule has 0 saturated carbocycles. The van der Waals surface area contributed by atoms with Crippen molar-refractivity contribution in [1.29, 1.82) is 5.26 Å². The summed E-state index contributed by atoms with van der Waals surface area (Å²) in [5.41, 5.74) is 2.25. The molecule has 0 spiro atoms. The van der Waals surface area contributed by atoms with Gasteiger partial charge < -0.3 is 9.73 Å². The fourth-order valence-electron chi connectivity index (χ4n) is 2.88. The van der Waals surface area contributed by atoms with Gasteiger partial charge in [-0.3, -0.25) is 14.2 Å². The molecule has 1 amide bonds. The highest BCUT2D eigenvalue weighted by atomic mass is 16.3. The van der Waals surface area contributed by atoms with Crippen molar-refractivity contribution in [3.63, 3.8) is 0 Å². The zero-order chi connectivity index (χ0) is 18.8. The highest BCUT2D eigenvalue weighted by Gasteiger charge is 2.14. The first kappa shape index (κ1) is 16.5. The maximum absolute atomic E-state index is 12.6. The highest BCUT2D eigenvalue weighted by Crippen LogP contribution is 2.24. The number of para-hydroxylation sites is 1. The van der Waals surface area contributed by atoms with Crippen LogP contribution in [0.2, 0.25) is 0 Å². The number of aromatic nitrogens is 2. The van der Waals surface area contributed by atoms with Crippen molar-refractivity contribution in [1.82, 2.24) is 9.55 Å². The van der Waals surface area contributed by atoms with Crippen molar-refractivity contribution >= 4 is 33.7 Å². The quantitative estimate of drug-likeness (QED) is 0.604. The molecule has 0 aliphatic rings. The lowest BCUT2D eigenvalue weighted by Gasteiger charge is -2.07. The van der Waals surface area contributed by atoms with Gasteiger partial charge in [0.15, 0.2) is 0 Å². The number of anilines is 1. The van der Waals surface area contributed by atoms with Crippen LogP contribution in [-0.4, -0.2) is 15.5 Å². The molecule has 0 aliphatic carbocycles. The van der Waals surface area contributed by atoms with Crippen molar-refractivity contribution in [2.24, 2.45) is 0 Å². The SMILES string of the molecule is N#CCc1ccc(NC(=O)Cn2cnc3c(oc4ccccc43)c2=O)cc1. The van der Waals surface area contributed by atoms with E-state index in [1.54, 1.807) is 30.3 Å². The number of carbonyl (C=O) groups excluding carboxylic acids is 1. The third kappa shape index (κ3) is 3.16. The number of hydrogen-bond donors (Lipinski definition) is 1. The molecule has 0 saturated heterocycles. The molecular formula is C20H14N4O3. The molecular weight excluding hydrogens is 344 g/mol. The van der Waals surface area contributed by atoms with Crippen molar-refractivity contribution in [2.45, 2.75) is 13.0 Å². The Bertz CT molecular complexity index is 1250. The second-order valence-corrected chi connectivity index (χ2v) is 6.03. The molecule has 2 aromatic heterocycles. The van der Waals surface area contributed by atoms with E-state index in [4.69, 9.17) is 9.68 Å². The average molecular weight is 358 g/mol. The van der Waals surface area contributed by atoms with Gasteiger partial charge in [-0.2, -0.15) is 5.26 Å². The van der Waals surface area contributed by atoms with Gasteiger partial charge in [0.25, 0.3) is 5.56 Å². The maximum Gasteiger partial charge on any atom is 0.297 e. The number of nitriles is 1. The Balaban J connectivity index is 1.56. The summed E-state index contributed by atoms with van der Waals surface area (Å²) in [6.07, 6.45) is 1.66. The topological polar surface area (TPSA) is 101 Å². The molecule has 0 radical (unpaired) electrons. The smallest absolute Gasteiger partial charge is 0.297 e. The minimum absolute atomic E-state index is 0.132. The molecule has 4 rings (SSSR count). The third-order valence-corrected chi connectivity index (χ3v) is 4.19. The van der Waals surface area contributed by atoms with Gasteiger partial charge in [0.2, 0.25) is 11.5 Å². The van der Waals surface area contributed by atoms with Crippen molar-refractivity contribution in [3.05, 3.63) is 70.8 Å². The van der Waals surface area contributed by atoms with E-state index in [0.717, 1.165) is 10.9 Å². The van der Waals surface area contributed by atoms with Gasteiger partial charge in [-0.1, -0.05) is 24.3 Å². The van der Waals surface area contributed by atoms with E-state index in [9.17, 15) is 9.59 Å². The molecule has 0 bridgehead atoms. The molecule has 0 fully saturated rings. The molecule has 0 unspecified atom stereocenters. The predicted molar refractivity (Wildman–Crippen MR) is 100 cm³/mol. The third-order valence-electron chi connectivity index (χ3n) is 4.19. The monoisotopic (exact) mass is 358 g/mol. The largest absolute Gasteiger partial charge is 0.448 e. The Hall–Kier alpha value is -3.92. The molecule has 7 nitrogen and oxygen atoms in total. The van der Waals surface area contributed by atoms with Crippen molar-refractivity contribution in [3.8, 4) is 6.07 Å². The second-order valence-electron chi connectivity index (χ2n) is 6.03. The zero-order valence-corrected chi connectivity index (χ0v) is 14.2. The lowest BCUT2D eigenvalue weighted by molar-refractivity contribution is -0.116. The number of amides is 1. The summed E-state index contributed by atoms with van der Waals surface area (Å²) in [6, 6.07) is 16.3. The minimum atomic E-state index is -0.407. The standard InChI is InChI=1S/C20H14N4O3/c21-10-9-13-5-7-14(8-6-13)23-17(25)11-24-12-22-18-15-3-1-2-4-16(15)27-19(18)20(24)26/h1-8,12H,9,11H2,(H,23,25). The van der Waals surface area contributed by atoms with Gasteiger partial charge in [-0.05, 0) is 29.8 Å². The van der Waals surface area contributed by atoms with Crippen LogP contribution < -0.4 is 10.9 Å². The summed E-state index contributed by atoms with van der Waals surface area (Å²) in [5, 5.41) is 12.2. The molecule has 0 atom stereocenters. The van der Waals surface area contributed by atoms with E-state index >= 15 is 0 Å². The summed E-state index contributed by atoms with van der Waals surface area (Å²) < 4.78 is 6.82. The number of benzene rings is 2. The first-order valence-corrected chi connectivity index (χ1v) is 8.28. The van der Waals surface area contributed by atoms with E-state index in [-0.39, 0.29) is 18.0 Å². The Morgan fingerprint density at radius 2 is 1.96 bits per heavy atom.